The number of fused-ring (bicyclic) bond motifs is 12. The fourth-order valence-electron chi connectivity index (χ4n) is 16.5. The molecule has 5 unspecified atom stereocenters. The quantitative estimate of drug-likeness (QED) is 0.164. The zero-order valence-corrected chi connectivity index (χ0v) is 49.4. The highest BCUT2D eigenvalue weighted by atomic mass is 16.3. The first kappa shape index (κ1) is 50.6. The Balaban J connectivity index is 1.10. The summed E-state index contributed by atoms with van der Waals surface area (Å²) in [6, 6.07) is 57.6. The van der Waals surface area contributed by atoms with Crippen molar-refractivity contribution in [3.05, 3.63) is 173 Å². The lowest BCUT2D eigenvalue weighted by Gasteiger charge is -2.51. The first-order valence-corrected chi connectivity index (χ1v) is 30.1. The van der Waals surface area contributed by atoms with Crippen LogP contribution >= 0.6 is 0 Å². The predicted octanol–water partition coefficient (Wildman–Crippen LogP) is 18.4. The van der Waals surface area contributed by atoms with Gasteiger partial charge in [0.1, 0.15) is 5.58 Å². The fraction of sp³-hybridized carbons (Fsp3) is 0.397. The van der Waals surface area contributed by atoms with Crippen LogP contribution < -0.4 is 36.2 Å². The molecule has 6 heteroatoms. The van der Waals surface area contributed by atoms with E-state index in [1.54, 1.807) is 0 Å². The monoisotopic (exact) mass is 1040 g/mol. The van der Waals surface area contributed by atoms with Gasteiger partial charge in [0, 0.05) is 73.4 Å². The number of benzene rings is 7. The van der Waals surface area contributed by atoms with E-state index in [-0.39, 0.29) is 39.5 Å². The lowest BCUT2D eigenvalue weighted by Crippen LogP contribution is -2.61. The van der Waals surface area contributed by atoms with Crippen LogP contribution in [-0.2, 0) is 21.7 Å². The van der Waals surface area contributed by atoms with E-state index >= 15 is 0 Å². The molecule has 5 nitrogen and oxygen atoms in total. The molecule has 2 aliphatic carbocycles. The summed E-state index contributed by atoms with van der Waals surface area (Å²) in [6.07, 6.45) is 9.69. The van der Waals surface area contributed by atoms with E-state index in [1.165, 1.54) is 123 Å². The summed E-state index contributed by atoms with van der Waals surface area (Å²) in [5, 5.41) is 1.16. The molecule has 8 aromatic rings. The second kappa shape index (κ2) is 17.2. The van der Waals surface area contributed by atoms with Crippen LogP contribution in [0.15, 0.2) is 150 Å². The molecular weight excluding hydrogens is 960 g/mol. The van der Waals surface area contributed by atoms with Crippen molar-refractivity contribution >= 4 is 91.1 Å². The van der Waals surface area contributed by atoms with Crippen molar-refractivity contribution < 1.29 is 4.42 Å². The van der Waals surface area contributed by atoms with E-state index in [4.69, 9.17) is 4.42 Å². The molecule has 14 rings (SSSR count). The average Bonchev–Trinajstić information content (AvgIpc) is 3.24. The van der Waals surface area contributed by atoms with E-state index < -0.39 is 0 Å². The van der Waals surface area contributed by atoms with Gasteiger partial charge in [-0.1, -0.05) is 181 Å². The van der Waals surface area contributed by atoms with Gasteiger partial charge in [-0.3, -0.25) is 0 Å². The summed E-state index contributed by atoms with van der Waals surface area (Å²) in [5.41, 5.74) is 23.4. The Morgan fingerprint density at radius 1 is 0.506 bits per heavy atom. The SMILES string of the molecule is CC1CCCCC2(C)C1c1ccccc1N2c1ccc2c(c1)N(c1ccc(C(C)(C)C)cc1)c1cc(N3c4ccccc4C4(C)CCCCC34C)cc3c1B2c1oc2ccc(C(C)(C)C)cc2c1N3c1ccc(C(C)(C)C)cc1. The summed E-state index contributed by atoms with van der Waals surface area (Å²) in [7, 11) is 0. The average molecular weight is 1040 g/mol. The maximum atomic E-state index is 7.57. The molecule has 5 atom stereocenters. The van der Waals surface area contributed by atoms with Crippen LogP contribution in [-0.4, -0.2) is 17.8 Å². The summed E-state index contributed by atoms with van der Waals surface area (Å²) in [4.78, 5) is 10.9. The van der Waals surface area contributed by atoms with E-state index in [2.05, 4.69) is 255 Å². The maximum Gasteiger partial charge on any atom is 0.297 e. The molecule has 2 fully saturated rings. The standard InChI is InChI=1S/C73H81BN4O/c1-46-22-18-19-40-72(12)64(46)54-23-14-16-25-58(54)77(72)52-36-37-57-60(43-52)75(50-32-27-47(28-33-50)68(2,3)4)61-44-53(78-59-26-17-15-24-56(59)71(11)39-20-21-41-73(71,78)13)45-62-65(61)74(57)67-66(55-42-49(70(8,9)10)31-38-63(55)79-67)76(62)51-34-29-48(30-35-51)69(5,6)7/h14-17,23-38,42-46,64H,18-22,39-41H2,1-13H3. The van der Waals surface area contributed by atoms with Crippen molar-refractivity contribution in [1.29, 1.82) is 0 Å². The molecule has 2 saturated carbocycles. The molecule has 79 heavy (non-hydrogen) atoms. The minimum atomic E-state index is -0.188. The van der Waals surface area contributed by atoms with E-state index in [1.807, 2.05) is 0 Å². The Bertz CT molecular complexity index is 3760. The molecule has 0 spiro atoms. The van der Waals surface area contributed by atoms with Gasteiger partial charge >= 0.3 is 0 Å². The highest BCUT2D eigenvalue weighted by Crippen LogP contribution is 2.63. The molecule has 6 aliphatic rings. The Morgan fingerprint density at radius 2 is 1.08 bits per heavy atom. The van der Waals surface area contributed by atoms with Crippen molar-refractivity contribution in [3.8, 4) is 0 Å². The van der Waals surface area contributed by atoms with Crippen molar-refractivity contribution in [3.63, 3.8) is 0 Å². The van der Waals surface area contributed by atoms with Crippen LogP contribution in [0.2, 0.25) is 0 Å². The second-order valence-electron chi connectivity index (χ2n) is 28.7. The van der Waals surface area contributed by atoms with Gasteiger partial charge in [-0.2, -0.15) is 0 Å². The molecule has 0 radical (unpaired) electrons. The predicted molar refractivity (Wildman–Crippen MR) is 337 cm³/mol. The lowest BCUT2D eigenvalue weighted by atomic mass is 9.35. The summed E-state index contributed by atoms with van der Waals surface area (Å²) in [5.74, 6) is 1.03. The minimum absolute atomic E-state index is 0.000482. The van der Waals surface area contributed by atoms with Crippen LogP contribution in [0.3, 0.4) is 0 Å². The summed E-state index contributed by atoms with van der Waals surface area (Å²) in [6.45, 7) is 31.0. The molecular formula is C73H81BN4O. The van der Waals surface area contributed by atoms with Crippen molar-refractivity contribution in [1.82, 2.24) is 0 Å². The molecule has 0 amide bonds. The number of furan rings is 1. The summed E-state index contributed by atoms with van der Waals surface area (Å²) >= 11 is 0. The van der Waals surface area contributed by atoms with Gasteiger partial charge in [0.2, 0.25) is 0 Å². The van der Waals surface area contributed by atoms with Gasteiger partial charge in [-0.25, -0.2) is 0 Å². The Kier molecular flexibility index (Phi) is 11.0. The number of nitrogens with zero attached hydrogens (tertiary/aromatic N) is 4. The number of anilines is 10. The molecule has 7 aromatic carbocycles. The third kappa shape index (κ3) is 7.26. The Hall–Kier alpha value is -6.66. The number of hydrogen-bond acceptors (Lipinski definition) is 5. The van der Waals surface area contributed by atoms with E-state index in [9.17, 15) is 0 Å². The van der Waals surface area contributed by atoms with Gasteiger partial charge in [0.25, 0.3) is 6.71 Å². The Morgan fingerprint density at radius 3 is 1.76 bits per heavy atom. The van der Waals surface area contributed by atoms with E-state index in [0.717, 1.165) is 40.8 Å². The molecule has 402 valence electrons. The van der Waals surface area contributed by atoms with Crippen LogP contribution in [0.25, 0.3) is 11.0 Å². The van der Waals surface area contributed by atoms with Crippen LogP contribution in [0.1, 0.15) is 175 Å². The van der Waals surface area contributed by atoms with Crippen molar-refractivity contribution in [2.75, 3.05) is 19.6 Å². The number of para-hydroxylation sites is 2. The highest BCUT2D eigenvalue weighted by molar-refractivity contribution is 7.00. The third-order valence-corrected chi connectivity index (χ3v) is 20.9. The van der Waals surface area contributed by atoms with Gasteiger partial charge in [-0.15, -0.1) is 0 Å². The first-order chi connectivity index (χ1) is 37.6. The normalized spacial score (nSPS) is 24.1. The van der Waals surface area contributed by atoms with Gasteiger partial charge < -0.3 is 24.0 Å². The number of rotatable bonds is 4. The zero-order valence-electron chi connectivity index (χ0n) is 49.4. The largest absolute Gasteiger partial charge is 0.468 e. The van der Waals surface area contributed by atoms with Crippen LogP contribution in [0, 0.1) is 5.92 Å². The van der Waals surface area contributed by atoms with Crippen LogP contribution in [0.5, 0.6) is 0 Å². The van der Waals surface area contributed by atoms with Gasteiger partial charge in [0.15, 0.2) is 0 Å². The summed E-state index contributed by atoms with van der Waals surface area (Å²) < 4.78 is 7.57. The topological polar surface area (TPSA) is 26.1 Å². The highest BCUT2D eigenvalue weighted by Gasteiger charge is 2.59. The molecule has 0 N–H and O–H groups in total. The molecule has 1 aromatic heterocycles. The molecule has 0 saturated heterocycles. The second-order valence-corrected chi connectivity index (χ2v) is 28.7. The van der Waals surface area contributed by atoms with Crippen molar-refractivity contribution in [2.24, 2.45) is 5.92 Å². The minimum Gasteiger partial charge on any atom is -0.468 e. The van der Waals surface area contributed by atoms with Crippen LogP contribution in [0.4, 0.5) is 56.9 Å². The zero-order chi connectivity index (χ0) is 54.9. The lowest BCUT2D eigenvalue weighted by molar-refractivity contribution is 0.195. The van der Waals surface area contributed by atoms with Gasteiger partial charge in [-0.05, 0) is 167 Å². The van der Waals surface area contributed by atoms with E-state index in [0.29, 0.717) is 11.8 Å². The third-order valence-electron chi connectivity index (χ3n) is 20.9. The molecule has 0 bridgehead atoms. The number of hydrogen-bond donors (Lipinski definition) is 0. The molecule has 4 aliphatic heterocycles. The maximum absolute atomic E-state index is 7.57. The van der Waals surface area contributed by atoms with Gasteiger partial charge in [0.05, 0.1) is 16.9 Å². The first-order valence-electron chi connectivity index (χ1n) is 30.1. The molecule has 5 heterocycles. The Labute approximate surface area is 472 Å². The smallest absolute Gasteiger partial charge is 0.297 e. The van der Waals surface area contributed by atoms with Crippen molar-refractivity contribution in [2.45, 2.75) is 180 Å². The fourth-order valence-corrected chi connectivity index (χ4v) is 16.5.